The molecule has 1 aromatic rings. The van der Waals surface area contributed by atoms with E-state index in [1.807, 2.05) is 20.8 Å². The molecule has 0 aliphatic carbocycles. The molecule has 0 aliphatic rings. The van der Waals surface area contributed by atoms with Crippen molar-refractivity contribution in [2.45, 2.75) is 98.2 Å². The molecule has 0 fully saturated rings. The van der Waals surface area contributed by atoms with Gasteiger partial charge in [-0.3, -0.25) is 10.3 Å². The summed E-state index contributed by atoms with van der Waals surface area (Å²) >= 11 is 0. The van der Waals surface area contributed by atoms with Crippen LogP contribution < -0.4 is 5.32 Å². The minimum Gasteiger partial charge on any atom is -0.444 e. The van der Waals surface area contributed by atoms with Crippen LogP contribution in [0.4, 0.5) is 15.3 Å². The van der Waals surface area contributed by atoms with Gasteiger partial charge in [0.2, 0.25) is 0 Å². The second-order valence-electron chi connectivity index (χ2n) is 11.7. The van der Waals surface area contributed by atoms with Crippen molar-refractivity contribution >= 4 is 26.2 Å². The lowest BCUT2D eigenvalue weighted by Gasteiger charge is -2.37. The maximum atomic E-state index is 12.9. The van der Waals surface area contributed by atoms with E-state index in [-0.39, 0.29) is 11.6 Å². The van der Waals surface area contributed by atoms with Gasteiger partial charge in [-0.15, -0.1) is 0 Å². The summed E-state index contributed by atoms with van der Waals surface area (Å²) in [5.74, 6) is 0. The van der Waals surface area contributed by atoms with Crippen molar-refractivity contribution in [2.24, 2.45) is 0 Å². The zero-order chi connectivity index (χ0) is 25.7. The first kappa shape index (κ1) is 28.9. The first-order valence-electron chi connectivity index (χ1n) is 11.3. The Morgan fingerprint density at radius 3 is 2.06 bits per heavy atom. The molecule has 0 saturated heterocycles. The maximum Gasteiger partial charge on any atom is 0.412 e. The summed E-state index contributed by atoms with van der Waals surface area (Å²) in [6.45, 7) is 22.9. The summed E-state index contributed by atoms with van der Waals surface area (Å²) in [5.41, 5.74) is 0.0194. The summed E-state index contributed by atoms with van der Waals surface area (Å²) in [6, 6.07) is 1.77. The van der Waals surface area contributed by atoms with Crippen LogP contribution in [0.25, 0.3) is 0 Å². The van der Waals surface area contributed by atoms with Gasteiger partial charge in [0.25, 0.3) is 0 Å². The van der Waals surface area contributed by atoms with Gasteiger partial charge in [0.15, 0.2) is 8.32 Å². The lowest BCUT2D eigenvalue weighted by Crippen LogP contribution is -2.44. The average Bonchev–Trinajstić information content (AvgIpc) is 2.56. The van der Waals surface area contributed by atoms with Crippen LogP contribution in [0.1, 0.15) is 67.9 Å². The number of carbonyl (C=O) groups excluding carboxylic acids is 2. The molecule has 1 heterocycles. The molecule has 0 unspecified atom stereocenters. The van der Waals surface area contributed by atoms with Gasteiger partial charge in [-0.1, -0.05) is 20.8 Å². The largest absolute Gasteiger partial charge is 0.444 e. The van der Waals surface area contributed by atoms with E-state index >= 15 is 0 Å². The van der Waals surface area contributed by atoms with E-state index in [0.717, 1.165) is 5.56 Å². The molecule has 0 saturated carbocycles. The lowest BCUT2D eigenvalue weighted by atomic mass is 10.2. The second kappa shape index (κ2) is 10.9. The quantitative estimate of drug-likeness (QED) is 0.467. The van der Waals surface area contributed by atoms with Gasteiger partial charge in [0.05, 0.1) is 25.0 Å². The highest BCUT2D eigenvalue weighted by Crippen LogP contribution is 2.36. The summed E-state index contributed by atoms with van der Waals surface area (Å²) in [7, 11) is -1.95. The molecular weight excluding hydrogens is 438 g/mol. The van der Waals surface area contributed by atoms with Crippen LogP contribution in [0.3, 0.4) is 0 Å². The standard InChI is InChI=1S/C24H43N3O5Si/c1-22(2,3)31-20(28)26-19-14-18(15-25-16-19)17-27(21(29)32-23(4,5)6)12-13-30-33(10,11)24(7,8)9/h14-16H,12-13,17H2,1-11H3,(H,26,28). The zero-order valence-corrected chi connectivity index (χ0v) is 23.3. The molecule has 8 nitrogen and oxygen atoms in total. The molecule has 0 radical (unpaired) electrons. The number of aromatic nitrogens is 1. The van der Waals surface area contributed by atoms with E-state index in [1.165, 1.54) is 6.20 Å². The fraction of sp³-hybridized carbons (Fsp3) is 0.708. The topological polar surface area (TPSA) is 90.0 Å². The summed E-state index contributed by atoms with van der Waals surface area (Å²) in [6.07, 6.45) is 2.21. The van der Waals surface area contributed by atoms with E-state index in [4.69, 9.17) is 13.9 Å². The van der Waals surface area contributed by atoms with Crippen LogP contribution in [0.15, 0.2) is 18.5 Å². The number of anilines is 1. The van der Waals surface area contributed by atoms with E-state index in [1.54, 1.807) is 37.9 Å². The molecule has 0 aliphatic heterocycles. The van der Waals surface area contributed by atoms with Gasteiger partial charge in [-0.05, 0) is 71.3 Å². The Bertz CT molecular complexity index is 808. The Morgan fingerprint density at radius 2 is 1.55 bits per heavy atom. The number of hydrogen-bond donors (Lipinski definition) is 1. The predicted molar refractivity (Wildman–Crippen MR) is 134 cm³/mol. The number of nitrogens with zero attached hydrogens (tertiary/aromatic N) is 2. The van der Waals surface area contributed by atoms with Crippen LogP contribution in [0, 0.1) is 0 Å². The Kier molecular flexibility index (Phi) is 9.51. The SMILES string of the molecule is CC(C)(C)OC(=O)Nc1cncc(CN(CCO[Si](C)(C)C(C)(C)C)C(=O)OC(C)(C)C)c1. The van der Waals surface area contributed by atoms with E-state index in [9.17, 15) is 9.59 Å². The predicted octanol–water partition coefficient (Wildman–Crippen LogP) is 6.19. The molecule has 0 bridgehead atoms. The van der Waals surface area contributed by atoms with Crippen LogP contribution in [0.2, 0.25) is 18.1 Å². The molecular formula is C24H43N3O5Si. The van der Waals surface area contributed by atoms with Crippen molar-refractivity contribution in [3.63, 3.8) is 0 Å². The van der Waals surface area contributed by atoms with Gasteiger partial charge in [0.1, 0.15) is 11.2 Å². The molecule has 0 atom stereocenters. The number of ether oxygens (including phenoxy) is 2. The highest BCUT2D eigenvalue weighted by molar-refractivity contribution is 6.74. The molecule has 1 rings (SSSR count). The number of pyridine rings is 1. The van der Waals surface area contributed by atoms with Crippen molar-refractivity contribution in [1.82, 2.24) is 9.88 Å². The Hall–Kier alpha value is -2.13. The fourth-order valence-corrected chi connectivity index (χ4v) is 3.51. The number of rotatable bonds is 7. The minimum atomic E-state index is -1.95. The first-order valence-corrected chi connectivity index (χ1v) is 14.3. The smallest absolute Gasteiger partial charge is 0.412 e. The first-order chi connectivity index (χ1) is 14.8. The van der Waals surface area contributed by atoms with Gasteiger partial charge >= 0.3 is 12.2 Å². The molecule has 0 aromatic carbocycles. The third kappa shape index (κ3) is 11.0. The second-order valence-corrected chi connectivity index (χ2v) is 16.5. The normalized spacial score (nSPS) is 12.8. The Labute approximate surface area is 200 Å². The molecule has 1 aromatic heterocycles. The van der Waals surface area contributed by atoms with Gasteiger partial charge in [0, 0.05) is 12.7 Å². The number of hydrogen-bond acceptors (Lipinski definition) is 6. The summed E-state index contributed by atoms with van der Waals surface area (Å²) in [4.78, 5) is 30.8. The Balaban J connectivity index is 2.95. The zero-order valence-electron chi connectivity index (χ0n) is 22.3. The molecule has 2 amide bonds. The van der Waals surface area contributed by atoms with Crippen molar-refractivity contribution in [2.75, 3.05) is 18.5 Å². The van der Waals surface area contributed by atoms with Crippen molar-refractivity contribution in [3.8, 4) is 0 Å². The van der Waals surface area contributed by atoms with E-state index in [2.05, 4.69) is 44.2 Å². The molecule has 188 valence electrons. The summed E-state index contributed by atoms with van der Waals surface area (Å²) in [5, 5.41) is 2.76. The average molecular weight is 482 g/mol. The van der Waals surface area contributed by atoms with Crippen molar-refractivity contribution in [3.05, 3.63) is 24.0 Å². The highest BCUT2D eigenvalue weighted by atomic mass is 28.4. The molecule has 1 N–H and O–H groups in total. The Morgan fingerprint density at radius 1 is 0.970 bits per heavy atom. The number of amides is 2. The van der Waals surface area contributed by atoms with Crippen LogP contribution in [-0.2, 0) is 20.4 Å². The molecule has 9 heteroatoms. The lowest BCUT2D eigenvalue weighted by molar-refractivity contribution is 0.0205. The van der Waals surface area contributed by atoms with Gasteiger partial charge in [-0.2, -0.15) is 0 Å². The fourth-order valence-electron chi connectivity index (χ4n) is 2.47. The molecule has 33 heavy (non-hydrogen) atoms. The van der Waals surface area contributed by atoms with Gasteiger partial charge in [-0.25, -0.2) is 9.59 Å². The van der Waals surface area contributed by atoms with E-state index < -0.39 is 31.7 Å². The van der Waals surface area contributed by atoms with Crippen molar-refractivity contribution < 1.29 is 23.5 Å². The molecule has 0 spiro atoms. The highest BCUT2D eigenvalue weighted by Gasteiger charge is 2.37. The number of carbonyl (C=O) groups is 2. The van der Waals surface area contributed by atoms with Crippen molar-refractivity contribution in [1.29, 1.82) is 0 Å². The monoisotopic (exact) mass is 481 g/mol. The summed E-state index contributed by atoms with van der Waals surface area (Å²) < 4.78 is 17.2. The number of nitrogens with one attached hydrogen (secondary N) is 1. The maximum absolute atomic E-state index is 12.9. The minimum absolute atomic E-state index is 0.0787. The van der Waals surface area contributed by atoms with Crippen LogP contribution in [0.5, 0.6) is 0 Å². The third-order valence-corrected chi connectivity index (χ3v) is 9.63. The van der Waals surface area contributed by atoms with E-state index in [0.29, 0.717) is 18.8 Å². The van der Waals surface area contributed by atoms with Crippen LogP contribution >= 0.6 is 0 Å². The van der Waals surface area contributed by atoms with Crippen LogP contribution in [-0.4, -0.2) is 54.7 Å². The third-order valence-electron chi connectivity index (χ3n) is 5.10. The van der Waals surface area contributed by atoms with Gasteiger partial charge < -0.3 is 18.8 Å².